The van der Waals surface area contributed by atoms with Crippen LogP contribution in [0.4, 0.5) is 28.4 Å². The maximum atomic E-state index is 7.35. The van der Waals surface area contributed by atoms with Gasteiger partial charge in [0.05, 0.1) is 28.3 Å². The van der Waals surface area contributed by atoms with Crippen LogP contribution >= 0.6 is 0 Å². The summed E-state index contributed by atoms with van der Waals surface area (Å²) in [5, 5.41) is 7.63. The van der Waals surface area contributed by atoms with Crippen LogP contribution in [0.2, 0.25) is 0 Å². The topological polar surface area (TPSA) is 50.3 Å². The third-order valence-electron chi connectivity index (χ3n) is 18.0. The molecule has 6 heteroatoms. The predicted octanol–water partition coefficient (Wildman–Crippen LogP) is 22.8. The highest BCUT2D eigenvalue weighted by Crippen LogP contribution is 2.58. The van der Waals surface area contributed by atoms with Crippen molar-refractivity contribution in [1.29, 1.82) is 0 Å². The minimum Gasteiger partial charge on any atom is -0.454 e. The van der Waals surface area contributed by atoms with Crippen LogP contribution in [0.25, 0.3) is 127 Å². The van der Waals surface area contributed by atoms with Gasteiger partial charge in [-0.15, -0.1) is 0 Å². The Balaban J connectivity index is 0.869. The smallest absolute Gasteiger partial charge is 0.161 e. The molecule has 1 aliphatic carbocycles. The van der Waals surface area contributed by atoms with Crippen molar-refractivity contribution >= 4 is 111 Å². The molecule has 11 aromatic carbocycles. The molecule has 0 aliphatic heterocycles. The maximum Gasteiger partial charge on any atom is 0.161 e. The van der Waals surface area contributed by atoms with E-state index in [4.69, 9.17) is 13.3 Å². The average molecular weight is 1110 g/mol. The summed E-state index contributed by atoms with van der Waals surface area (Å²) in [5.41, 5.74) is 24.3. The molecule has 1 aliphatic rings. The van der Waals surface area contributed by atoms with Crippen molar-refractivity contribution in [2.45, 2.75) is 26.2 Å². The standard InChI is InChI=1S/C80H55N3O3/c1-5-7-30-53(6-2)81(68-39-22-37-61-59-35-20-33-57(75(59)85-77(61)68)50-26-14-9-15-27-50)55-41-43-63-67(47-55)80(3,4)71-65-45-52(49-24-12-8-13-25-49)46-66-72(65)83(73(63)71)74-64-44-42-56(48-70(64)84-79(66)74)82(54-31-18-11-19-32-54)69-40-23-38-62-60-36-21-34-58(76(60)86-78(62)69)51-28-16-10-17-29-51/h5-48H,1H2,2-4H3/b30-7-,53-6+. The number of hydrogen-bond acceptors (Lipinski definition) is 5. The lowest BCUT2D eigenvalue weighted by Gasteiger charge is -2.29. The van der Waals surface area contributed by atoms with Gasteiger partial charge in [0.15, 0.2) is 16.7 Å². The summed E-state index contributed by atoms with van der Waals surface area (Å²) >= 11 is 0. The van der Waals surface area contributed by atoms with Gasteiger partial charge < -0.3 is 27.5 Å². The molecule has 5 heterocycles. The van der Waals surface area contributed by atoms with Gasteiger partial charge in [-0.25, -0.2) is 0 Å². The number of hydrogen-bond donors (Lipinski definition) is 0. The molecule has 86 heavy (non-hydrogen) atoms. The van der Waals surface area contributed by atoms with Crippen LogP contribution in [0, 0.1) is 0 Å². The first kappa shape index (κ1) is 49.5. The van der Waals surface area contributed by atoms with E-state index < -0.39 is 5.41 Å². The predicted molar refractivity (Wildman–Crippen MR) is 358 cm³/mol. The van der Waals surface area contributed by atoms with Crippen molar-refractivity contribution < 1.29 is 13.3 Å². The molecule has 5 aromatic heterocycles. The van der Waals surface area contributed by atoms with Gasteiger partial charge >= 0.3 is 0 Å². The molecular weight excluding hydrogens is 1050 g/mol. The minimum atomic E-state index is -0.425. The Labute approximate surface area is 496 Å². The summed E-state index contributed by atoms with van der Waals surface area (Å²) in [6.07, 6.45) is 8.13. The second kappa shape index (κ2) is 19.0. The Bertz CT molecular complexity index is 5470. The van der Waals surface area contributed by atoms with Crippen molar-refractivity contribution in [1.82, 2.24) is 4.40 Å². The van der Waals surface area contributed by atoms with E-state index in [1.165, 1.54) is 33.3 Å². The van der Waals surface area contributed by atoms with E-state index in [-0.39, 0.29) is 0 Å². The van der Waals surface area contributed by atoms with E-state index in [2.05, 4.69) is 296 Å². The molecule has 6 nitrogen and oxygen atoms in total. The SMILES string of the molecule is C=C/C=C\C(=C/C)N(c1ccc2c(c1)C(C)(C)c1c-2n2c3c1cc(-c1ccccc1)cc3c1oc3cc(N(c4ccccc4)c4cccc5c4oc4c(-c6ccccc6)cccc45)ccc3c12)c1cccc2c1oc1c(-c3ccccc3)cccc12. The second-order valence-corrected chi connectivity index (χ2v) is 23.1. The third-order valence-corrected chi connectivity index (χ3v) is 18.0. The van der Waals surface area contributed by atoms with Gasteiger partial charge in [-0.05, 0) is 107 Å². The monoisotopic (exact) mass is 1110 g/mol. The number of allylic oxidation sites excluding steroid dienone is 4. The van der Waals surface area contributed by atoms with Crippen LogP contribution in [0.15, 0.2) is 292 Å². The second-order valence-electron chi connectivity index (χ2n) is 23.1. The van der Waals surface area contributed by atoms with Crippen molar-refractivity contribution in [2.24, 2.45) is 0 Å². The average Bonchev–Trinajstić information content (AvgIpc) is 1.52. The normalized spacial score (nSPS) is 13.2. The summed E-state index contributed by atoms with van der Waals surface area (Å²) in [5.74, 6) is 0. The van der Waals surface area contributed by atoms with Gasteiger partial charge in [-0.2, -0.15) is 0 Å². The minimum absolute atomic E-state index is 0.425. The maximum absolute atomic E-state index is 7.35. The molecule has 0 fully saturated rings. The zero-order chi connectivity index (χ0) is 57.4. The first-order valence-corrected chi connectivity index (χ1v) is 29.5. The quantitative estimate of drug-likeness (QED) is 0.121. The van der Waals surface area contributed by atoms with Crippen LogP contribution in [0.3, 0.4) is 0 Å². The fraction of sp³-hybridized carbons (Fsp3) is 0.0500. The van der Waals surface area contributed by atoms with Gasteiger partial charge in [-0.1, -0.05) is 215 Å². The van der Waals surface area contributed by atoms with Crippen LogP contribution in [0.5, 0.6) is 0 Å². The molecule has 0 spiro atoms. The van der Waals surface area contributed by atoms with Crippen molar-refractivity contribution in [2.75, 3.05) is 9.80 Å². The van der Waals surface area contributed by atoms with Crippen molar-refractivity contribution in [3.05, 3.63) is 290 Å². The summed E-state index contributed by atoms with van der Waals surface area (Å²) < 4.78 is 24.1. The largest absolute Gasteiger partial charge is 0.454 e. The number of benzene rings is 11. The van der Waals surface area contributed by atoms with E-state index in [1.807, 2.05) is 12.2 Å². The first-order valence-electron chi connectivity index (χ1n) is 29.5. The molecule has 16 aromatic rings. The molecule has 0 saturated carbocycles. The lowest BCUT2D eigenvalue weighted by atomic mass is 9.81. The molecule has 0 unspecified atom stereocenters. The summed E-state index contributed by atoms with van der Waals surface area (Å²) in [4.78, 5) is 4.65. The van der Waals surface area contributed by atoms with Gasteiger partial charge in [0.2, 0.25) is 0 Å². The van der Waals surface area contributed by atoms with Crippen LogP contribution in [0.1, 0.15) is 31.9 Å². The number of furan rings is 3. The number of fused-ring (bicyclic) bond motifs is 16. The lowest BCUT2D eigenvalue weighted by molar-refractivity contribution is 0.665. The number of para-hydroxylation sites is 5. The van der Waals surface area contributed by atoms with E-state index in [9.17, 15) is 0 Å². The summed E-state index contributed by atoms with van der Waals surface area (Å²) in [6, 6.07) is 86.7. The highest BCUT2D eigenvalue weighted by molar-refractivity contribution is 6.24. The summed E-state index contributed by atoms with van der Waals surface area (Å²) in [7, 11) is 0. The molecule has 0 radical (unpaired) electrons. The third kappa shape index (κ3) is 7.20. The Morgan fingerprint density at radius 1 is 0.430 bits per heavy atom. The molecule has 408 valence electrons. The Morgan fingerprint density at radius 3 is 1.62 bits per heavy atom. The Kier molecular flexibility index (Phi) is 10.9. The number of rotatable bonds is 11. The Hall–Kier alpha value is -11.1. The van der Waals surface area contributed by atoms with Gasteiger partial charge in [0.25, 0.3) is 0 Å². The van der Waals surface area contributed by atoms with Crippen molar-refractivity contribution in [3.8, 4) is 44.6 Å². The molecule has 17 rings (SSSR count). The fourth-order valence-corrected chi connectivity index (χ4v) is 14.2. The van der Waals surface area contributed by atoms with E-state index >= 15 is 0 Å². The van der Waals surface area contributed by atoms with Crippen LogP contribution in [-0.4, -0.2) is 4.40 Å². The van der Waals surface area contributed by atoms with Gasteiger partial charge in [-0.3, -0.25) is 0 Å². The van der Waals surface area contributed by atoms with Crippen molar-refractivity contribution in [3.63, 3.8) is 0 Å². The highest BCUT2D eigenvalue weighted by Gasteiger charge is 2.43. The first-order chi connectivity index (χ1) is 42.4. The molecule has 0 bridgehead atoms. The van der Waals surface area contributed by atoms with E-state index in [0.717, 1.165) is 139 Å². The molecule has 0 saturated heterocycles. The van der Waals surface area contributed by atoms with E-state index in [1.54, 1.807) is 0 Å². The van der Waals surface area contributed by atoms with Gasteiger partial charge in [0.1, 0.15) is 22.3 Å². The zero-order valence-corrected chi connectivity index (χ0v) is 47.7. The molecular formula is C80H55N3O3. The highest BCUT2D eigenvalue weighted by atomic mass is 16.3. The van der Waals surface area contributed by atoms with E-state index in [0.29, 0.717) is 0 Å². The van der Waals surface area contributed by atoms with Crippen LogP contribution < -0.4 is 9.80 Å². The number of nitrogens with zero attached hydrogens (tertiary/aromatic N) is 3. The van der Waals surface area contributed by atoms with Crippen LogP contribution in [-0.2, 0) is 5.41 Å². The molecule has 0 atom stereocenters. The van der Waals surface area contributed by atoms with Gasteiger partial charge in [0, 0.05) is 82.9 Å². The molecule has 0 N–H and O–H groups in total. The fourth-order valence-electron chi connectivity index (χ4n) is 14.2. The zero-order valence-electron chi connectivity index (χ0n) is 47.7. The lowest BCUT2D eigenvalue weighted by Crippen LogP contribution is -2.18. The number of anilines is 5. The number of aromatic nitrogens is 1. The molecule has 0 amide bonds. The Morgan fingerprint density at radius 2 is 0.988 bits per heavy atom. The summed E-state index contributed by atoms with van der Waals surface area (Å²) in [6.45, 7) is 11.0.